The molecule has 0 saturated carbocycles. The van der Waals surface area contributed by atoms with Gasteiger partial charge in [-0.3, -0.25) is 0 Å². The molecular weight excluding hydrogens is 346 g/mol. The van der Waals surface area contributed by atoms with Gasteiger partial charge in [-0.05, 0) is 51.8 Å². The lowest BCUT2D eigenvalue weighted by atomic mass is 10.2. The van der Waals surface area contributed by atoms with Crippen molar-refractivity contribution in [2.75, 3.05) is 5.32 Å². The van der Waals surface area contributed by atoms with Crippen LogP contribution in [0.15, 0.2) is 40.9 Å². The molecule has 2 aromatic rings. The highest BCUT2D eigenvalue weighted by Crippen LogP contribution is 2.25. The molecule has 0 aliphatic heterocycles. The number of phenols is 1. The highest BCUT2D eigenvalue weighted by Gasteiger charge is 2.09. The number of anilines is 1. The third kappa shape index (κ3) is 3.43. The van der Waals surface area contributed by atoms with Gasteiger partial charge in [0, 0.05) is 12.2 Å². The van der Waals surface area contributed by atoms with E-state index < -0.39 is 5.97 Å². The van der Waals surface area contributed by atoms with Gasteiger partial charge >= 0.3 is 5.97 Å². The molecule has 4 nitrogen and oxygen atoms in total. The summed E-state index contributed by atoms with van der Waals surface area (Å²) in [6.07, 6.45) is 0. The summed E-state index contributed by atoms with van der Waals surface area (Å²) in [5.74, 6) is -0.889. The standard InChI is InChI=1S/C14H11BrClNO3/c15-11-5-8(1-4-13(11)18)7-17-9-2-3-12(16)10(6-9)14(19)20/h1-6,17-18H,7H2,(H,19,20). The molecule has 104 valence electrons. The van der Waals surface area contributed by atoms with Gasteiger partial charge in [0.2, 0.25) is 0 Å². The predicted molar refractivity (Wildman–Crippen MR) is 81.5 cm³/mol. The van der Waals surface area contributed by atoms with Crippen molar-refractivity contribution in [3.05, 3.63) is 57.0 Å². The number of aromatic carboxylic acids is 1. The molecule has 0 spiro atoms. The second kappa shape index (κ2) is 6.15. The maximum Gasteiger partial charge on any atom is 0.337 e. The summed E-state index contributed by atoms with van der Waals surface area (Å²) in [4.78, 5) is 11.0. The van der Waals surface area contributed by atoms with E-state index in [0.29, 0.717) is 16.7 Å². The van der Waals surface area contributed by atoms with Crippen LogP contribution < -0.4 is 5.32 Å². The first kappa shape index (κ1) is 14.7. The lowest BCUT2D eigenvalue weighted by Gasteiger charge is -2.09. The first-order chi connectivity index (χ1) is 9.47. The van der Waals surface area contributed by atoms with E-state index in [2.05, 4.69) is 21.2 Å². The first-order valence-electron chi connectivity index (χ1n) is 5.71. The molecule has 2 aromatic carbocycles. The number of phenolic OH excluding ortho intramolecular Hbond substituents is 1. The Morgan fingerprint density at radius 1 is 1.25 bits per heavy atom. The number of aromatic hydroxyl groups is 1. The number of benzene rings is 2. The molecule has 0 fully saturated rings. The molecule has 0 aliphatic carbocycles. The Labute approximate surface area is 129 Å². The molecule has 3 N–H and O–H groups in total. The van der Waals surface area contributed by atoms with Crippen LogP contribution >= 0.6 is 27.5 Å². The zero-order valence-corrected chi connectivity index (χ0v) is 12.6. The Morgan fingerprint density at radius 2 is 2.00 bits per heavy atom. The van der Waals surface area contributed by atoms with Gasteiger partial charge in [-0.25, -0.2) is 4.79 Å². The average molecular weight is 357 g/mol. The summed E-state index contributed by atoms with van der Waals surface area (Å²) in [5, 5.41) is 21.7. The van der Waals surface area contributed by atoms with Gasteiger partial charge in [-0.15, -0.1) is 0 Å². The quantitative estimate of drug-likeness (QED) is 0.771. The van der Waals surface area contributed by atoms with Crippen LogP contribution in [-0.4, -0.2) is 16.2 Å². The molecular formula is C14H11BrClNO3. The summed E-state index contributed by atoms with van der Waals surface area (Å²) < 4.78 is 0.610. The van der Waals surface area contributed by atoms with E-state index in [0.717, 1.165) is 5.56 Å². The van der Waals surface area contributed by atoms with Gasteiger partial charge < -0.3 is 15.5 Å². The lowest BCUT2D eigenvalue weighted by Crippen LogP contribution is -2.02. The van der Waals surface area contributed by atoms with Gasteiger partial charge in [0.1, 0.15) is 5.75 Å². The van der Waals surface area contributed by atoms with Crippen LogP contribution in [0.25, 0.3) is 0 Å². The van der Waals surface area contributed by atoms with Gasteiger partial charge in [-0.2, -0.15) is 0 Å². The number of rotatable bonds is 4. The van der Waals surface area contributed by atoms with Crippen LogP contribution in [0.1, 0.15) is 15.9 Å². The number of hydrogen-bond donors (Lipinski definition) is 3. The van der Waals surface area contributed by atoms with Crippen molar-refractivity contribution in [3.8, 4) is 5.75 Å². The zero-order valence-electron chi connectivity index (χ0n) is 10.2. The first-order valence-corrected chi connectivity index (χ1v) is 6.88. The Hall–Kier alpha value is -1.72. The van der Waals surface area contributed by atoms with Crippen molar-refractivity contribution in [3.63, 3.8) is 0 Å². The molecule has 0 heterocycles. The van der Waals surface area contributed by atoms with Crippen LogP contribution in [0.2, 0.25) is 5.02 Å². The van der Waals surface area contributed by atoms with E-state index >= 15 is 0 Å². The van der Waals surface area contributed by atoms with Gasteiger partial charge in [0.15, 0.2) is 0 Å². The van der Waals surface area contributed by atoms with E-state index in [-0.39, 0.29) is 16.3 Å². The van der Waals surface area contributed by atoms with Crippen LogP contribution in [0.4, 0.5) is 5.69 Å². The van der Waals surface area contributed by atoms with Crippen LogP contribution in [0, 0.1) is 0 Å². The number of carbonyl (C=O) groups is 1. The predicted octanol–water partition coefficient (Wildman–Crippen LogP) is 4.12. The minimum atomic E-state index is -1.06. The number of carboxylic acids is 1. The monoisotopic (exact) mass is 355 g/mol. The van der Waals surface area contributed by atoms with Crippen molar-refractivity contribution >= 4 is 39.2 Å². The number of nitrogens with one attached hydrogen (secondary N) is 1. The summed E-state index contributed by atoms with van der Waals surface area (Å²) in [6, 6.07) is 9.90. The molecule has 0 saturated heterocycles. The molecule has 0 bridgehead atoms. The van der Waals surface area contributed by atoms with Gasteiger partial charge in [0.05, 0.1) is 15.1 Å². The van der Waals surface area contributed by atoms with Crippen LogP contribution in [0.5, 0.6) is 5.75 Å². The second-order valence-corrected chi connectivity index (χ2v) is 5.40. The van der Waals surface area contributed by atoms with E-state index in [1.807, 2.05) is 0 Å². The summed E-state index contributed by atoms with van der Waals surface area (Å²) >= 11 is 9.04. The smallest absolute Gasteiger partial charge is 0.337 e. The third-order valence-electron chi connectivity index (χ3n) is 2.71. The molecule has 0 aliphatic rings. The van der Waals surface area contributed by atoms with E-state index in [1.54, 1.807) is 30.3 Å². The SMILES string of the molecule is O=C(O)c1cc(NCc2ccc(O)c(Br)c2)ccc1Cl. The highest BCUT2D eigenvalue weighted by molar-refractivity contribution is 9.10. The number of halogens is 2. The fraction of sp³-hybridized carbons (Fsp3) is 0.0714. The molecule has 0 amide bonds. The van der Waals surface area contributed by atoms with E-state index in [4.69, 9.17) is 16.7 Å². The lowest BCUT2D eigenvalue weighted by molar-refractivity contribution is 0.0697. The normalized spacial score (nSPS) is 10.3. The van der Waals surface area contributed by atoms with Gasteiger partial charge in [0.25, 0.3) is 0 Å². The fourth-order valence-electron chi connectivity index (χ4n) is 1.66. The molecule has 0 aromatic heterocycles. The molecule has 20 heavy (non-hydrogen) atoms. The van der Waals surface area contributed by atoms with Gasteiger partial charge in [-0.1, -0.05) is 17.7 Å². The Balaban J connectivity index is 2.12. The van der Waals surface area contributed by atoms with Crippen molar-refractivity contribution in [1.29, 1.82) is 0 Å². The largest absolute Gasteiger partial charge is 0.507 e. The van der Waals surface area contributed by atoms with Crippen LogP contribution in [0.3, 0.4) is 0 Å². The summed E-state index contributed by atoms with van der Waals surface area (Å²) in [7, 11) is 0. The van der Waals surface area contributed by atoms with Crippen molar-refractivity contribution in [2.45, 2.75) is 6.54 Å². The zero-order chi connectivity index (χ0) is 14.7. The molecule has 0 atom stereocenters. The van der Waals surface area contributed by atoms with E-state index in [1.165, 1.54) is 6.07 Å². The average Bonchev–Trinajstić information content (AvgIpc) is 2.41. The Bertz CT molecular complexity index is 661. The second-order valence-electron chi connectivity index (χ2n) is 4.14. The molecule has 2 rings (SSSR count). The molecule has 0 radical (unpaired) electrons. The third-order valence-corrected chi connectivity index (χ3v) is 3.67. The summed E-state index contributed by atoms with van der Waals surface area (Å²) in [5.41, 5.74) is 1.67. The van der Waals surface area contributed by atoms with Crippen molar-refractivity contribution in [1.82, 2.24) is 0 Å². The maximum absolute atomic E-state index is 11.0. The maximum atomic E-state index is 11.0. The minimum absolute atomic E-state index is 0.0588. The number of hydrogen-bond acceptors (Lipinski definition) is 3. The Kier molecular flexibility index (Phi) is 4.52. The van der Waals surface area contributed by atoms with E-state index in [9.17, 15) is 9.90 Å². The highest BCUT2D eigenvalue weighted by atomic mass is 79.9. The minimum Gasteiger partial charge on any atom is -0.507 e. The molecule has 6 heteroatoms. The Morgan fingerprint density at radius 3 is 2.65 bits per heavy atom. The molecule has 0 unspecified atom stereocenters. The van der Waals surface area contributed by atoms with Crippen LogP contribution in [-0.2, 0) is 6.54 Å². The van der Waals surface area contributed by atoms with Crippen molar-refractivity contribution in [2.24, 2.45) is 0 Å². The fourth-order valence-corrected chi connectivity index (χ4v) is 2.29. The van der Waals surface area contributed by atoms with Crippen molar-refractivity contribution < 1.29 is 15.0 Å². The number of carboxylic acid groups (broad SMARTS) is 1. The topological polar surface area (TPSA) is 69.6 Å². The summed E-state index contributed by atoms with van der Waals surface area (Å²) in [6.45, 7) is 0.500.